The lowest BCUT2D eigenvalue weighted by Crippen LogP contribution is -2.30. The van der Waals surface area contributed by atoms with Gasteiger partial charge in [0.15, 0.2) is 0 Å². The van der Waals surface area contributed by atoms with E-state index in [-0.39, 0.29) is 17.9 Å². The van der Waals surface area contributed by atoms with Gasteiger partial charge in [-0.1, -0.05) is 0 Å². The van der Waals surface area contributed by atoms with E-state index in [2.05, 4.69) is 11.4 Å². The average molecular weight is 442 g/mol. The van der Waals surface area contributed by atoms with Gasteiger partial charge in [0.1, 0.15) is 11.1 Å². The van der Waals surface area contributed by atoms with Crippen molar-refractivity contribution in [1.29, 1.82) is 5.26 Å². The number of rotatable bonds is 5. The Bertz CT molecular complexity index is 982. The Morgan fingerprint density at radius 2 is 2.20 bits per heavy atom. The maximum atomic E-state index is 12.3. The Hall–Kier alpha value is -2.63. The van der Waals surface area contributed by atoms with Crippen LogP contribution in [0.5, 0.6) is 0 Å². The highest BCUT2D eigenvalue weighted by Crippen LogP contribution is 2.39. The van der Waals surface area contributed by atoms with Gasteiger partial charge in [0.2, 0.25) is 5.91 Å². The Labute approximate surface area is 183 Å². The molecule has 3 heterocycles. The first-order chi connectivity index (χ1) is 14.6. The van der Waals surface area contributed by atoms with Crippen molar-refractivity contribution < 1.29 is 14.3 Å². The summed E-state index contributed by atoms with van der Waals surface area (Å²) >= 11 is 3.04. The van der Waals surface area contributed by atoms with E-state index in [1.54, 1.807) is 22.3 Å². The van der Waals surface area contributed by atoms with Crippen LogP contribution in [0.1, 0.15) is 40.8 Å². The number of hydrogen-bond acceptors (Lipinski definition) is 6. The van der Waals surface area contributed by atoms with Crippen LogP contribution in [0, 0.1) is 17.2 Å². The van der Waals surface area contributed by atoms with Crippen LogP contribution in [0.4, 0.5) is 9.80 Å². The average Bonchev–Trinajstić information content (AvgIpc) is 3.51. The quantitative estimate of drug-likeness (QED) is 0.684. The highest BCUT2D eigenvalue weighted by Gasteiger charge is 2.28. The molecule has 0 spiro atoms. The summed E-state index contributed by atoms with van der Waals surface area (Å²) in [5.74, 6) is 0.00340. The Balaban J connectivity index is 1.37. The molecule has 2 aromatic rings. The number of amides is 2. The number of ether oxygens (including phenoxy) is 1. The van der Waals surface area contributed by atoms with Gasteiger partial charge in [-0.15, -0.1) is 11.3 Å². The summed E-state index contributed by atoms with van der Waals surface area (Å²) in [5.41, 5.74) is 2.58. The lowest BCUT2D eigenvalue weighted by molar-refractivity contribution is -0.111. The van der Waals surface area contributed by atoms with Crippen LogP contribution in [0.3, 0.4) is 0 Å². The van der Waals surface area contributed by atoms with E-state index in [1.165, 1.54) is 17.4 Å². The van der Waals surface area contributed by atoms with Crippen LogP contribution >= 0.6 is 22.7 Å². The van der Waals surface area contributed by atoms with E-state index in [1.807, 2.05) is 16.8 Å². The standard InChI is InChI=1S/C22H23N3O3S2/c23-12-18-17-5-3-16(13-28-22(27)25-8-1-2-9-25)11-19(17)30-21(18)24-20(26)6-4-15-7-10-29-14-15/h4,6-7,10,14,16H,1-3,5,8-9,11,13H2,(H,24,26). The molecule has 0 radical (unpaired) electrons. The van der Waals surface area contributed by atoms with Crippen LogP contribution in [-0.4, -0.2) is 36.6 Å². The molecule has 0 aromatic carbocycles. The van der Waals surface area contributed by atoms with Crippen molar-refractivity contribution >= 4 is 45.8 Å². The number of nitrogens with zero attached hydrogens (tertiary/aromatic N) is 2. The molecule has 0 saturated carbocycles. The van der Waals surface area contributed by atoms with Gasteiger partial charge >= 0.3 is 6.09 Å². The molecule has 0 bridgehead atoms. The van der Waals surface area contributed by atoms with Crippen LogP contribution in [0.15, 0.2) is 22.9 Å². The third-order valence-electron chi connectivity index (χ3n) is 5.49. The number of nitriles is 1. The minimum absolute atomic E-state index is 0.215. The number of fused-ring (bicyclic) bond motifs is 1. The molecule has 1 saturated heterocycles. The van der Waals surface area contributed by atoms with Crippen molar-refractivity contribution in [2.24, 2.45) is 5.92 Å². The number of likely N-dealkylation sites (tertiary alicyclic amines) is 1. The fourth-order valence-electron chi connectivity index (χ4n) is 3.88. The lowest BCUT2D eigenvalue weighted by atomic mass is 9.88. The van der Waals surface area contributed by atoms with Gasteiger partial charge in [0.05, 0.1) is 12.2 Å². The summed E-state index contributed by atoms with van der Waals surface area (Å²) in [6.45, 7) is 1.97. The number of thiophene rings is 2. The van der Waals surface area contributed by atoms with Crippen molar-refractivity contribution in [2.75, 3.05) is 25.0 Å². The van der Waals surface area contributed by atoms with E-state index >= 15 is 0 Å². The van der Waals surface area contributed by atoms with Gasteiger partial charge < -0.3 is 15.0 Å². The predicted octanol–water partition coefficient (Wildman–Crippen LogP) is 4.67. The number of carbonyl (C=O) groups excluding carboxylic acids is 2. The second kappa shape index (κ2) is 9.45. The summed E-state index contributed by atoms with van der Waals surface area (Å²) < 4.78 is 5.52. The molecule has 6 nitrogen and oxygen atoms in total. The van der Waals surface area contributed by atoms with E-state index in [0.29, 0.717) is 17.2 Å². The number of anilines is 1. The van der Waals surface area contributed by atoms with E-state index < -0.39 is 0 Å². The zero-order valence-electron chi connectivity index (χ0n) is 16.6. The smallest absolute Gasteiger partial charge is 0.409 e. The first-order valence-corrected chi connectivity index (χ1v) is 11.9. The van der Waals surface area contributed by atoms with Gasteiger partial charge in [-0.25, -0.2) is 4.79 Å². The highest BCUT2D eigenvalue weighted by atomic mass is 32.1. The number of carbonyl (C=O) groups is 2. The minimum Gasteiger partial charge on any atom is -0.449 e. The predicted molar refractivity (Wildman–Crippen MR) is 119 cm³/mol. The molecule has 1 N–H and O–H groups in total. The Kier molecular flexibility index (Phi) is 6.50. The highest BCUT2D eigenvalue weighted by molar-refractivity contribution is 7.16. The number of nitrogens with one attached hydrogen (secondary N) is 1. The van der Waals surface area contributed by atoms with Crippen molar-refractivity contribution in [2.45, 2.75) is 32.1 Å². The number of hydrogen-bond donors (Lipinski definition) is 1. The van der Waals surface area contributed by atoms with E-state index in [0.717, 1.165) is 61.2 Å². The topological polar surface area (TPSA) is 82.4 Å². The molecular formula is C22H23N3O3S2. The van der Waals surface area contributed by atoms with Gasteiger partial charge in [0, 0.05) is 24.0 Å². The molecule has 2 aliphatic rings. The molecule has 8 heteroatoms. The molecule has 2 aromatic heterocycles. The van der Waals surface area contributed by atoms with Gasteiger partial charge in [-0.3, -0.25) is 4.79 Å². The van der Waals surface area contributed by atoms with E-state index in [9.17, 15) is 14.9 Å². The van der Waals surface area contributed by atoms with Gasteiger partial charge in [0.25, 0.3) is 0 Å². The normalized spacial score (nSPS) is 18.2. The molecule has 1 fully saturated rings. The van der Waals surface area contributed by atoms with Crippen LogP contribution in [0.2, 0.25) is 0 Å². The summed E-state index contributed by atoms with van der Waals surface area (Å²) in [6, 6.07) is 4.20. The third kappa shape index (κ3) is 4.74. The largest absolute Gasteiger partial charge is 0.449 e. The first kappa shape index (κ1) is 20.6. The molecule has 1 aliphatic heterocycles. The van der Waals surface area contributed by atoms with Gasteiger partial charge in [-0.05, 0) is 72.1 Å². The summed E-state index contributed by atoms with van der Waals surface area (Å²) in [4.78, 5) is 27.3. The monoisotopic (exact) mass is 441 g/mol. The molecular weight excluding hydrogens is 418 g/mol. The molecule has 4 rings (SSSR count). The molecule has 1 unspecified atom stereocenters. The Morgan fingerprint density at radius 3 is 2.93 bits per heavy atom. The molecule has 30 heavy (non-hydrogen) atoms. The van der Waals surface area contributed by atoms with Crippen molar-refractivity contribution in [3.63, 3.8) is 0 Å². The zero-order valence-corrected chi connectivity index (χ0v) is 18.2. The maximum absolute atomic E-state index is 12.3. The first-order valence-electron chi connectivity index (χ1n) is 10.1. The Morgan fingerprint density at radius 1 is 1.37 bits per heavy atom. The minimum atomic E-state index is -0.243. The molecule has 156 valence electrons. The zero-order chi connectivity index (χ0) is 20.9. The van der Waals surface area contributed by atoms with Crippen LogP contribution in [0.25, 0.3) is 6.08 Å². The fourth-order valence-corrected chi connectivity index (χ4v) is 5.82. The van der Waals surface area contributed by atoms with E-state index in [4.69, 9.17) is 4.74 Å². The summed E-state index contributed by atoms with van der Waals surface area (Å²) in [7, 11) is 0. The molecule has 1 atom stereocenters. The van der Waals surface area contributed by atoms with Crippen molar-refractivity contribution in [3.05, 3.63) is 44.5 Å². The molecule has 2 amide bonds. The maximum Gasteiger partial charge on any atom is 0.409 e. The summed E-state index contributed by atoms with van der Waals surface area (Å²) in [6.07, 6.45) is 7.53. The van der Waals surface area contributed by atoms with Crippen molar-refractivity contribution in [1.82, 2.24) is 4.90 Å². The summed E-state index contributed by atoms with van der Waals surface area (Å²) in [5, 5.41) is 17.0. The van der Waals surface area contributed by atoms with Crippen LogP contribution in [-0.2, 0) is 22.4 Å². The van der Waals surface area contributed by atoms with Crippen LogP contribution < -0.4 is 5.32 Å². The lowest BCUT2D eigenvalue weighted by Gasteiger charge is -2.23. The fraction of sp³-hybridized carbons (Fsp3) is 0.409. The second-order valence-electron chi connectivity index (χ2n) is 7.58. The second-order valence-corrected chi connectivity index (χ2v) is 9.46. The molecule has 1 aliphatic carbocycles. The third-order valence-corrected chi connectivity index (χ3v) is 7.36. The van der Waals surface area contributed by atoms with Gasteiger partial charge in [-0.2, -0.15) is 16.6 Å². The van der Waals surface area contributed by atoms with Crippen molar-refractivity contribution in [3.8, 4) is 6.07 Å². The SMILES string of the molecule is N#Cc1c(NC(=O)C=Cc2ccsc2)sc2c1CCC(COC(=O)N1CCCC1)C2.